The minimum absolute atomic E-state index is 0.178. The molecule has 0 spiro atoms. The summed E-state index contributed by atoms with van der Waals surface area (Å²) in [7, 11) is 0. The molecule has 0 aromatic heterocycles. The Morgan fingerprint density at radius 3 is 2.73 bits per heavy atom. The van der Waals surface area contributed by atoms with Crippen molar-refractivity contribution >= 4 is 15.9 Å². The monoisotopic (exact) mass is 367 g/mol. The first-order valence-corrected chi connectivity index (χ1v) is 7.89. The van der Waals surface area contributed by atoms with E-state index in [4.69, 9.17) is 4.74 Å². The van der Waals surface area contributed by atoms with Crippen LogP contribution >= 0.6 is 15.9 Å². The highest BCUT2D eigenvalue weighted by atomic mass is 79.9. The number of hydrogen-bond acceptors (Lipinski definition) is 3. The van der Waals surface area contributed by atoms with Gasteiger partial charge in [0.2, 0.25) is 0 Å². The first-order valence-electron chi connectivity index (χ1n) is 7.09. The zero-order valence-corrected chi connectivity index (χ0v) is 13.9. The molecule has 0 bridgehead atoms. The van der Waals surface area contributed by atoms with E-state index in [1.54, 1.807) is 25.1 Å². The summed E-state index contributed by atoms with van der Waals surface area (Å²) in [5.74, 6) is 0.429. The largest absolute Gasteiger partial charge is 0.488 e. The molecule has 0 amide bonds. The standard InChI is InChI=1S/C17H19BrFNO2/c1-12(21)9-20-10-14-8-15(18)6-7-17(14)22-11-13-4-2-3-5-16(13)19/h2-8,12,20-21H,9-11H2,1H3/t12-/m1/s1. The number of benzene rings is 2. The second-order valence-corrected chi connectivity index (χ2v) is 6.03. The van der Waals surface area contributed by atoms with Gasteiger partial charge >= 0.3 is 0 Å². The Kier molecular flexibility index (Phi) is 6.36. The van der Waals surface area contributed by atoms with Crippen molar-refractivity contribution in [3.8, 4) is 5.75 Å². The van der Waals surface area contributed by atoms with Gasteiger partial charge in [0.15, 0.2) is 0 Å². The predicted octanol–water partition coefficient (Wildman–Crippen LogP) is 3.64. The summed E-state index contributed by atoms with van der Waals surface area (Å²) in [5, 5.41) is 12.4. The van der Waals surface area contributed by atoms with Crippen LogP contribution < -0.4 is 10.1 Å². The van der Waals surface area contributed by atoms with Crippen LogP contribution in [0.4, 0.5) is 4.39 Å². The fourth-order valence-corrected chi connectivity index (χ4v) is 2.42. The molecule has 3 nitrogen and oxygen atoms in total. The lowest BCUT2D eigenvalue weighted by molar-refractivity contribution is 0.190. The first-order chi connectivity index (χ1) is 10.6. The minimum Gasteiger partial charge on any atom is -0.488 e. The molecule has 0 aliphatic rings. The van der Waals surface area contributed by atoms with Gasteiger partial charge in [-0.3, -0.25) is 0 Å². The van der Waals surface area contributed by atoms with Crippen LogP contribution in [0.3, 0.4) is 0 Å². The van der Waals surface area contributed by atoms with Gasteiger partial charge in [0.25, 0.3) is 0 Å². The van der Waals surface area contributed by atoms with Crippen LogP contribution in [-0.2, 0) is 13.2 Å². The molecule has 2 aromatic carbocycles. The normalized spacial score (nSPS) is 12.2. The van der Waals surface area contributed by atoms with Crippen LogP contribution in [0.25, 0.3) is 0 Å². The fraction of sp³-hybridized carbons (Fsp3) is 0.294. The molecular weight excluding hydrogens is 349 g/mol. The van der Waals surface area contributed by atoms with Gasteiger partial charge in [-0.25, -0.2) is 4.39 Å². The van der Waals surface area contributed by atoms with Crippen LogP contribution in [0.2, 0.25) is 0 Å². The van der Waals surface area contributed by atoms with Crippen LogP contribution in [0.1, 0.15) is 18.1 Å². The lowest BCUT2D eigenvalue weighted by Crippen LogP contribution is -2.24. The van der Waals surface area contributed by atoms with Crippen molar-refractivity contribution in [2.45, 2.75) is 26.2 Å². The molecule has 0 unspecified atom stereocenters. The summed E-state index contributed by atoms with van der Waals surface area (Å²) in [4.78, 5) is 0. The topological polar surface area (TPSA) is 41.5 Å². The third-order valence-electron chi connectivity index (χ3n) is 3.12. The van der Waals surface area contributed by atoms with Crippen LogP contribution in [0, 0.1) is 5.82 Å². The highest BCUT2D eigenvalue weighted by Crippen LogP contribution is 2.24. The molecule has 0 radical (unpaired) electrons. The molecule has 5 heteroatoms. The molecule has 22 heavy (non-hydrogen) atoms. The van der Waals surface area contributed by atoms with E-state index in [0.717, 1.165) is 10.0 Å². The molecule has 0 aliphatic carbocycles. The van der Waals surface area contributed by atoms with Gasteiger partial charge in [0, 0.05) is 28.7 Å². The van der Waals surface area contributed by atoms with Gasteiger partial charge in [-0.2, -0.15) is 0 Å². The van der Waals surface area contributed by atoms with Crippen LogP contribution in [0.5, 0.6) is 5.75 Å². The number of halogens is 2. The van der Waals surface area contributed by atoms with Gasteiger partial charge in [0.1, 0.15) is 18.2 Å². The van der Waals surface area contributed by atoms with Gasteiger partial charge < -0.3 is 15.2 Å². The lowest BCUT2D eigenvalue weighted by atomic mass is 10.2. The fourth-order valence-electron chi connectivity index (χ4n) is 2.01. The Bertz CT molecular complexity index is 619. The highest BCUT2D eigenvalue weighted by Gasteiger charge is 2.07. The van der Waals surface area contributed by atoms with Crippen molar-refractivity contribution < 1.29 is 14.2 Å². The minimum atomic E-state index is -0.407. The average Bonchev–Trinajstić information content (AvgIpc) is 2.47. The molecular formula is C17H19BrFNO2. The Balaban J connectivity index is 2.05. The molecule has 0 aliphatic heterocycles. The molecule has 1 atom stereocenters. The molecule has 0 saturated carbocycles. The summed E-state index contributed by atoms with van der Waals surface area (Å²) < 4.78 is 20.3. The van der Waals surface area contributed by atoms with E-state index in [1.807, 2.05) is 18.2 Å². The molecule has 2 aromatic rings. The van der Waals surface area contributed by atoms with E-state index in [2.05, 4.69) is 21.2 Å². The van der Waals surface area contributed by atoms with Gasteiger partial charge in [-0.05, 0) is 31.2 Å². The van der Waals surface area contributed by atoms with Crippen molar-refractivity contribution in [1.82, 2.24) is 5.32 Å². The van der Waals surface area contributed by atoms with Gasteiger partial charge in [0.05, 0.1) is 6.10 Å². The molecule has 0 saturated heterocycles. The quantitative estimate of drug-likeness (QED) is 0.784. The molecule has 2 N–H and O–H groups in total. The number of aliphatic hydroxyl groups excluding tert-OH is 1. The SMILES string of the molecule is C[C@@H](O)CNCc1cc(Br)ccc1OCc1ccccc1F. The summed E-state index contributed by atoms with van der Waals surface area (Å²) in [6.07, 6.45) is -0.407. The van der Waals surface area contributed by atoms with E-state index >= 15 is 0 Å². The maximum atomic E-state index is 13.6. The summed E-state index contributed by atoms with van der Waals surface area (Å²) in [6.45, 7) is 2.97. The number of rotatable bonds is 7. The number of aliphatic hydroxyl groups is 1. The van der Waals surface area contributed by atoms with Gasteiger partial charge in [-0.15, -0.1) is 0 Å². The number of nitrogens with one attached hydrogen (secondary N) is 1. The van der Waals surface area contributed by atoms with Crippen molar-refractivity contribution in [3.63, 3.8) is 0 Å². The number of hydrogen-bond donors (Lipinski definition) is 2. The van der Waals surface area contributed by atoms with E-state index in [9.17, 15) is 9.50 Å². The summed E-state index contributed by atoms with van der Waals surface area (Å²) in [5.41, 5.74) is 1.47. The Morgan fingerprint density at radius 1 is 1.23 bits per heavy atom. The maximum absolute atomic E-state index is 13.6. The van der Waals surface area contributed by atoms with Crippen molar-refractivity contribution in [3.05, 3.63) is 63.9 Å². The predicted molar refractivity (Wildman–Crippen MR) is 88.3 cm³/mol. The zero-order chi connectivity index (χ0) is 15.9. The Labute approximate surface area is 138 Å². The highest BCUT2D eigenvalue weighted by molar-refractivity contribution is 9.10. The lowest BCUT2D eigenvalue weighted by Gasteiger charge is -2.14. The van der Waals surface area contributed by atoms with Crippen LogP contribution in [0.15, 0.2) is 46.9 Å². The average molecular weight is 368 g/mol. The molecule has 2 rings (SSSR count). The van der Waals surface area contributed by atoms with E-state index < -0.39 is 6.10 Å². The van der Waals surface area contributed by atoms with Crippen molar-refractivity contribution in [2.75, 3.05) is 6.54 Å². The molecule has 0 fully saturated rings. The molecule has 0 heterocycles. The van der Waals surface area contributed by atoms with Crippen LogP contribution in [-0.4, -0.2) is 17.8 Å². The van der Waals surface area contributed by atoms with Crippen molar-refractivity contribution in [2.24, 2.45) is 0 Å². The van der Waals surface area contributed by atoms with Gasteiger partial charge in [-0.1, -0.05) is 34.1 Å². The van der Waals surface area contributed by atoms with E-state index in [-0.39, 0.29) is 12.4 Å². The second-order valence-electron chi connectivity index (χ2n) is 5.11. The smallest absolute Gasteiger partial charge is 0.129 e. The van der Waals surface area contributed by atoms with E-state index in [1.165, 1.54) is 6.07 Å². The summed E-state index contributed by atoms with van der Waals surface area (Å²) >= 11 is 3.43. The summed E-state index contributed by atoms with van der Waals surface area (Å²) in [6, 6.07) is 12.3. The molecule has 118 valence electrons. The third kappa shape index (κ3) is 5.09. The number of ether oxygens (including phenoxy) is 1. The first kappa shape index (κ1) is 16.9. The third-order valence-corrected chi connectivity index (χ3v) is 3.61. The van der Waals surface area contributed by atoms with E-state index in [0.29, 0.717) is 24.4 Å². The van der Waals surface area contributed by atoms with Crippen molar-refractivity contribution in [1.29, 1.82) is 0 Å². The Hall–Kier alpha value is -1.43. The Morgan fingerprint density at radius 2 is 2.00 bits per heavy atom. The zero-order valence-electron chi connectivity index (χ0n) is 12.4. The second kappa shape index (κ2) is 8.27. The maximum Gasteiger partial charge on any atom is 0.129 e.